The number of nitrogens with zero attached hydrogens (tertiary/aromatic N) is 2. The van der Waals surface area contributed by atoms with Crippen LogP contribution >= 0.6 is 0 Å². The summed E-state index contributed by atoms with van der Waals surface area (Å²) < 4.78 is 4.88. The Balaban J connectivity index is 2.04. The van der Waals surface area contributed by atoms with Crippen LogP contribution in [0.15, 0.2) is 22.7 Å². The summed E-state index contributed by atoms with van der Waals surface area (Å²) in [6.07, 6.45) is 0. The van der Waals surface area contributed by atoms with Gasteiger partial charge in [0.05, 0.1) is 17.9 Å². The van der Waals surface area contributed by atoms with Crippen molar-refractivity contribution in [3.8, 4) is 0 Å². The van der Waals surface area contributed by atoms with Crippen molar-refractivity contribution in [3.05, 3.63) is 35.5 Å². The SMILES string of the molecule is CCNC(=O)c1ccc(NCc2noc(C)n2)c(N)c1. The Hall–Kier alpha value is -2.57. The molecule has 2 rings (SSSR count). The average molecular weight is 275 g/mol. The lowest BCUT2D eigenvalue weighted by molar-refractivity contribution is 0.0956. The van der Waals surface area contributed by atoms with Gasteiger partial charge in [-0.3, -0.25) is 4.79 Å². The molecule has 0 fully saturated rings. The van der Waals surface area contributed by atoms with Crippen LogP contribution in [0.4, 0.5) is 11.4 Å². The molecular weight excluding hydrogens is 258 g/mol. The molecule has 0 spiro atoms. The van der Waals surface area contributed by atoms with E-state index in [1.807, 2.05) is 6.92 Å². The second-order valence-corrected chi connectivity index (χ2v) is 4.24. The van der Waals surface area contributed by atoms with E-state index in [0.717, 1.165) is 5.69 Å². The van der Waals surface area contributed by atoms with Crippen LogP contribution in [0.3, 0.4) is 0 Å². The molecule has 106 valence electrons. The van der Waals surface area contributed by atoms with Gasteiger partial charge in [-0.1, -0.05) is 5.16 Å². The van der Waals surface area contributed by atoms with Crippen LogP contribution in [0.25, 0.3) is 0 Å². The number of anilines is 2. The highest BCUT2D eigenvalue weighted by atomic mass is 16.5. The Morgan fingerprint density at radius 1 is 1.45 bits per heavy atom. The summed E-state index contributed by atoms with van der Waals surface area (Å²) in [6.45, 7) is 4.58. The number of aryl methyl sites for hydroxylation is 1. The first kappa shape index (κ1) is 13.9. The van der Waals surface area contributed by atoms with E-state index in [1.165, 1.54) is 0 Å². The molecule has 20 heavy (non-hydrogen) atoms. The fraction of sp³-hybridized carbons (Fsp3) is 0.308. The van der Waals surface area contributed by atoms with Gasteiger partial charge in [-0.25, -0.2) is 0 Å². The van der Waals surface area contributed by atoms with E-state index in [-0.39, 0.29) is 5.91 Å². The lowest BCUT2D eigenvalue weighted by Crippen LogP contribution is -2.22. The van der Waals surface area contributed by atoms with Gasteiger partial charge in [-0.05, 0) is 25.1 Å². The number of nitrogens with two attached hydrogens (primary N) is 1. The van der Waals surface area contributed by atoms with Crippen LogP contribution in [0.2, 0.25) is 0 Å². The number of nitrogen functional groups attached to an aromatic ring is 1. The first-order valence-electron chi connectivity index (χ1n) is 6.31. The Labute approximate surface area is 116 Å². The van der Waals surface area contributed by atoms with Gasteiger partial charge in [0.25, 0.3) is 5.91 Å². The summed E-state index contributed by atoms with van der Waals surface area (Å²) >= 11 is 0. The molecule has 0 aliphatic heterocycles. The van der Waals surface area contributed by atoms with E-state index in [9.17, 15) is 4.79 Å². The second-order valence-electron chi connectivity index (χ2n) is 4.24. The molecule has 1 amide bonds. The Kier molecular flexibility index (Phi) is 4.19. The molecule has 0 bridgehead atoms. The molecule has 0 aliphatic rings. The van der Waals surface area contributed by atoms with E-state index < -0.39 is 0 Å². The van der Waals surface area contributed by atoms with E-state index in [4.69, 9.17) is 10.3 Å². The molecular formula is C13H17N5O2. The Bertz CT molecular complexity index is 609. The van der Waals surface area contributed by atoms with Crippen LogP contribution in [-0.2, 0) is 6.54 Å². The standard InChI is InChI=1S/C13H17N5O2/c1-3-15-13(19)9-4-5-11(10(14)6-9)16-7-12-17-8(2)20-18-12/h4-6,16H,3,7,14H2,1-2H3,(H,15,19). The van der Waals surface area contributed by atoms with Crippen molar-refractivity contribution in [3.63, 3.8) is 0 Å². The van der Waals surface area contributed by atoms with Gasteiger partial charge >= 0.3 is 0 Å². The molecule has 0 saturated heterocycles. The molecule has 0 saturated carbocycles. The van der Waals surface area contributed by atoms with Crippen molar-refractivity contribution in [2.45, 2.75) is 20.4 Å². The van der Waals surface area contributed by atoms with Crippen molar-refractivity contribution < 1.29 is 9.32 Å². The van der Waals surface area contributed by atoms with Gasteiger partial charge in [0.1, 0.15) is 0 Å². The molecule has 0 atom stereocenters. The van der Waals surface area contributed by atoms with Gasteiger partial charge in [-0.2, -0.15) is 4.98 Å². The van der Waals surface area contributed by atoms with Crippen LogP contribution in [-0.4, -0.2) is 22.6 Å². The molecule has 2 aromatic rings. The zero-order valence-corrected chi connectivity index (χ0v) is 11.4. The second kappa shape index (κ2) is 6.05. The summed E-state index contributed by atoms with van der Waals surface area (Å²) in [7, 11) is 0. The zero-order valence-electron chi connectivity index (χ0n) is 11.4. The maximum atomic E-state index is 11.7. The number of hydrogen-bond donors (Lipinski definition) is 3. The number of nitrogens with one attached hydrogen (secondary N) is 2. The van der Waals surface area contributed by atoms with E-state index in [0.29, 0.717) is 36.1 Å². The first-order chi connectivity index (χ1) is 9.60. The summed E-state index contributed by atoms with van der Waals surface area (Å²) in [6, 6.07) is 5.10. The van der Waals surface area contributed by atoms with E-state index >= 15 is 0 Å². The van der Waals surface area contributed by atoms with Crippen LogP contribution < -0.4 is 16.4 Å². The number of benzene rings is 1. The van der Waals surface area contributed by atoms with E-state index in [2.05, 4.69) is 20.8 Å². The highest BCUT2D eigenvalue weighted by Gasteiger charge is 2.08. The largest absolute Gasteiger partial charge is 0.397 e. The Morgan fingerprint density at radius 3 is 2.85 bits per heavy atom. The van der Waals surface area contributed by atoms with E-state index in [1.54, 1.807) is 25.1 Å². The minimum absolute atomic E-state index is 0.139. The van der Waals surface area contributed by atoms with Crippen molar-refractivity contribution in [1.29, 1.82) is 0 Å². The van der Waals surface area contributed by atoms with Crippen molar-refractivity contribution in [2.24, 2.45) is 0 Å². The van der Waals surface area contributed by atoms with Crippen LogP contribution in [0.5, 0.6) is 0 Å². The molecule has 4 N–H and O–H groups in total. The maximum absolute atomic E-state index is 11.7. The minimum atomic E-state index is -0.139. The van der Waals surface area contributed by atoms with Crippen LogP contribution in [0.1, 0.15) is 29.0 Å². The number of carbonyl (C=O) groups is 1. The Morgan fingerprint density at radius 2 is 2.25 bits per heavy atom. The highest BCUT2D eigenvalue weighted by Crippen LogP contribution is 2.20. The molecule has 0 unspecified atom stereocenters. The van der Waals surface area contributed by atoms with Crippen LogP contribution in [0, 0.1) is 6.92 Å². The number of carbonyl (C=O) groups excluding carboxylic acids is 1. The monoisotopic (exact) mass is 275 g/mol. The average Bonchev–Trinajstić information content (AvgIpc) is 2.83. The van der Waals surface area contributed by atoms with Crippen molar-refractivity contribution >= 4 is 17.3 Å². The smallest absolute Gasteiger partial charge is 0.251 e. The zero-order chi connectivity index (χ0) is 14.5. The minimum Gasteiger partial charge on any atom is -0.397 e. The van der Waals surface area contributed by atoms with Crippen molar-refractivity contribution in [1.82, 2.24) is 15.5 Å². The predicted octanol–water partition coefficient (Wildman–Crippen LogP) is 1.32. The summed E-state index contributed by atoms with van der Waals surface area (Å²) in [5, 5.41) is 9.60. The lowest BCUT2D eigenvalue weighted by Gasteiger charge is -2.09. The summed E-state index contributed by atoms with van der Waals surface area (Å²) in [5.41, 5.74) is 7.67. The predicted molar refractivity (Wildman–Crippen MR) is 75.2 cm³/mol. The summed E-state index contributed by atoms with van der Waals surface area (Å²) in [5.74, 6) is 0.926. The van der Waals surface area contributed by atoms with Gasteiger partial charge in [-0.15, -0.1) is 0 Å². The third-order valence-electron chi connectivity index (χ3n) is 2.66. The third-order valence-corrected chi connectivity index (χ3v) is 2.66. The molecule has 0 aliphatic carbocycles. The van der Waals surface area contributed by atoms with Gasteiger partial charge in [0.15, 0.2) is 5.82 Å². The van der Waals surface area contributed by atoms with Crippen molar-refractivity contribution in [2.75, 3.05) is 17.6 Å². The number of amides is 1. The van der Waals surface area contributed by atoms with Gasteiger partial charge in [0, 0.05) is 19.0 Å². The number of hydrogen-bond acceptors (Lipinski definition) is 6. The first-order valence-corrected chi connectivity index (χ1v) is 6.31. The molecule has 7 heteroatoms. The topological polar surface area (TPSA) is 106 Å². The fourth-order valence-corrected chi connectivity index (χ4v) is 1.71. The van der Waals surface area contributed by atoms with Gasteiger partial charge < -0.3 is 20.9 Å². The third kappa shape index (κ3) is 3.25. The highest BCUT2D eigenvalue weighted by molar-refractivity contribution is 5.96. The lowest BCUT2D eigenvalue weighted by atomic mass is 10.1. The fourth-order valence-electron chi connectivity index (χ4n) is 1.71. The van der Waals surface area contributed by atoms with Gasteiger partial charge in [0.2, 0.25) is 5.89 Å². The number of aromatic nitrogens is 2. The normalized spacial score (nSPS) is 10.3. The summed E-state index contributed by atoms with van der Waals surface area (Å²) in [4.78, 5) is 15.8. The molecule has 1 aromatic carbocycles. The molecule has 1 heterocycles. The number of rotatable bonds is 5. The maximum Gasteiger partial charge on any atom is 0.251 e. The molecule has 1 aromatic heterocycles. The molecule has 7 nitrogen and oxygen atoms in total. The molecule has 0 radical (unpaired) electrons. The quantitative estimate of drug-likeness (QED) is 0.711.